The van der Waals surface area contributed by atoms with Crippen molar-refractivity contribution in [3.05, 3.63) is 29.8 Å². The number of anilines is 1. The van der Waals surface area contributed by atoms with Gasteiger partial charge < -0.3 is 4.90 Å². The van der Waals surface area contributed by atoms with Crippen LogP contribution < -0.4 is 4.90 Å². The lowest BCUT2D eigenvalue weighted by atomic mass is 9.88. The average molecular weight is 270 g/mol. The van der Waals surface area contributed by atoms with Crippen LogP contribution in [-0.4, -0.2) is 19.4 Å². The second-order valence-electron chi connectivity index (χ2n) is 5.04. The van der Waals surface area contributed by atoms with E-state index < -0.39 is 0 Å². The van der Waals surface area contributed by atoms with E-state index in [0.29, 0.717) is 5.41 Å². The molecule has 0 heterocycles. The summed E-state index contributed by atoms with van der Waals surface area (Å²) in [7, 11) is 4.16. The molecule has 0 aliphatic heterocycles. The molecule has 2 heteroatoms. The number of alkyl halides is 1. The standard InChI is InChI=1S/C13H20BrN/c1-13(2,10-14)9-11-6-5-7-12(8-11)15(3)4/h5-8H,9-10H2,1-4H3. The number of hydrogen-bond acceptors (Lipinski definition) is 1. The van der Waals surface area contributed by atoms with Crippen LogP contribution in [-0.2, 0) is 6.42 Å². The van der Waals surface area contributed by atoms with Gasteiger partial charge in [0.1, 0.15) is 0 Å². The van der Waals surface area contributed by atoms with Crippen molar-refractivity contribution in [1.82, 2.24) is 0 Å². The smallest absolute Gasteiger partial charge is 0.0363 e. The molecule has 0 N–H and O–H groups in total. The van der Waals surface area contributed by atoms with Crippen molar-refractivity contribution in [3.63, 3.8) is 0 Å². The number of rotatable bonds is 4. The minimum absolute atomic E-state index is 0.324. The summed E-state index contributed by atoms with van der Waals surface area (Å²) in [4.78, 5) is 2.14. The monoisotopic (exact) mass is 269 g/mol. The summed E-state index contributed by atoms with van der Waals surface area (Å²) >= 11 is 3.57. The van der Waals surface area contributed by atoms with Crippen LogP contribution >= 0.6 is 15.9 Å². The zero-order valence-electron chi connectivity index (χ0n) is 10.0. The molecular weight excluding hydrogens is 250 g/mol. The van der Waals surface area contributed by atoms with Crippen molar-refractivity contribution >= 4 is 21.6 Å². The minimum atomic E-state index is 0.324. The number of benzene rings is 1. The first kappa shape index (κ1) is 12.6. The van der Waals surface area contributed by atoms with Gasteiger partial charge >= 0.3 is 0 Å². The predicted molar refractivity (Wildman–Crippen MR) is 72.0 cm³/mol. The van der Waals surface area contributed by atoms with Crippen molar-refractivity contribution in [3.8, 4) is 0 Å². The molecule has 0 amide bonds. The molecule has 0 aromatic heterocycles. The second-order valence-corrected chi connectivity index (χ2v) is 5.60. The van der Waals surface area contributed by atoms with Crippen molar-refractivity contribution in [2.45, 2.75) is 20.3 Å². The summed E-state index contributed by atoms with van der Waals surface area (Å²) < 4.78 is 0. The quantitative estimate of drug-likeness (QED) is 0.754. The highest BCUT2D eigenvalue weighted by molar-refractivity contribution is 9.09. The lowest BCUT2D eigenvalue weighted by molar-refractivity contribution is 0.425. The van der Waals surface area contributed by atoms with E-state index in [2.05, 4.69) is 73.0 Å². The van der Waals surface area contributed by atoms with Crippen molar-refractivity contribution in [2.75, 3.05) is 24.3 Å². The van der Waals surface area contributed by atoms with Gasteiger partial charge in [-0.15, -0.1) is 0 Å². The number of halogens is 1. The Hall–Kier alpha value is -0.500. The Bertz CT molecular complexity index is 318. The molecule has 84 valence electrons. The van der Waals surface area contributed by atoms with Gasteiger partial charge in [-0.3, -0.25) is 0 Å². The normalized spacial score (nSPS) is 11.5. The largest absolute Gasteiger partial charge is 0.378 e. The van der Waals surface area contributed by atoms with Crippen LogP contribution in [0.15, 0.2) is 24.3 Å². The van der Waals surface area contributed by atoms with Crippen LogP contribution in [0, 0.1) is 5.41 Å². The maximum Gasteiger partial charge on any atom is 0.0363 e. The topological polar surface area (TPSA) is 3.24 Å². The van der Waals surface area contributed by atoms with Crippen LogP contribution in [0.1, 0.15) is 19.4 Å². The summed E-state index contributed by atoms with van der Waals surface area (Å²) in [6, 6.07) is 8.75. The fraction of sp³-hybridized carbons (Fsp3) is 0.538. The summed E-state index contributed by atoms with van der Waals surface area (Å²) in [5.41, 5.74) is 3.01. The van der Waals surface area contributed by atoms with Crippen molar-refractivity contribution in [2.24, 2.45) is 5.41 Å². The lowest BCUT2D eigenvalue weighted by Crippen LogP contribution is -2.17. The van der Waals surface area contributed by atoms with Gasteiger partial charge in [-0.25, -0.2) is 0 Å². The first-order chi connectivity index (χ1) is 6.94. The van der Waals surface area contributed by atoms with E-state index in [1.54, 1.807) is 0 Å². The van der Waals surface area contributed by atoms with E-state index in [4.69, 9.17) is 0 Å². The van der Waals surface area contributed by atoms with Gasteiger partial charge in [0.2, 0.25) is 0 Å². The zero-order chi connectivity index (χ0) is 11.5. The van der Waals surface area contributed by atoms with Crippen LogP contribution in [0.4, 0.5) is 5.69 Å². The highest BCUT2D eigenvalue weighted by Crippen LogP contribution is 2.25. The third-order valence-electron chi connectivity index (χ3n) is 2.47. The molecule has 1 aromatic carbocycles. The fourth-order valence-electron chi connectivity index (χ4n) is 1.54. The maximum absolute atomic E-state index is 3.57. The minimum Gasteiger partial charge on any atom is -0.378 e. The van der Waals surface area contributed by atoms with Crippen molar-refractivity contribution in [1.29, 1.82) is 0 Å². The first-order valence-electron chi connectivity index (χ1n) is 5.27. The SMILES string of the molecule is CN(C)c1cccc(CC(C)(C)CBr)c1. The van der Waals surface area contributed by atoms with Gasteiger partial charge in [-0.05, 0) is 29.5 Å². The highest BCUT2D eigenvalue weighted by atomic mass is 79.9. The number of hydrogen-bond donors (Lipinski definition) is 0. The third kappa shape index (κ3) is 3.86. The molecule has 1 rings (SSSR count). The second kappa shape index (κ2) is 5.02. The van der Waals surface area contributed by atoms with Crippen LogP contribution in [0.3, 0.4) is 0 Å². The van der Waals surface area contributed by atoms with Gasteiger partial charge in [0.15, 0.2) is 0 Å². The Morgan fingerprint density at radius 3 is 2.47 bits per heavy atom. The van der Waals surface area contributed by atoms with Gasteiger partial charge in [0.05, 0.1) is 0 Å². The molecule has 0 radical (unpaired) electrons. The van der Waals surface area contributed by atoms with Crippen LogP contribution in [0.2, 0.25) is 0 Å². The molecule has 0 fully saturated rings. The molecule has 0 bridgehead atoms. The third-order valence-corrected chi connectivity index (χ3v) is 3.99. The maximum atomic E-state index is 3.57. The molecule has 0 atom stereocenters. The summed E-state index contributed by atoms with van der Waals surface area (Å²) in [6.45, 7) is 4.56. The van der Waals surface area contributed by atoms with Crippen LogP contribution in [0.5, 0.6) is 0 Å². The molecular formula is C13H20BrN. The predicted octanol–water partition coefficient (Wildman–Crippen LogP) is 3.72. The van der Waals surface area contributed by atoms with Gasteiger partial charge in [-0.1, -0.05) is 41.9 Å². The summed E-state index contributed by atoms with van der Waals surface area (Å²) in [5.74, 6) is 0. The number of nitrogens with zero attached hydrogens (tertiary/aromatic N) is 1. The van der Waals surface area contributed by atoms with E-state index in [9.17, 15) is 0 Å². The zero-order valence-corrected chi connectivity index (χ0v) is 11.6. The van der Waals surface area contributed by atoms with Gasteiger partial charge in [-0.2, -0.15) is 0 Å². The molecule has 0 saturated heterocycles. The van der Waals surface area contributed by atoms with E-state index in [0.717, 1.165) is 11.8 Å². The Labute approximate surface area is 102 Å². The Morgan fingerprint density at radius 2 is 1.93 bits per heavy atom. The molecule has 1 aromatic rings. The Balaban J connectivity index is 2.82. The summed E-state index contributed by atoms with van der Waals surface area (Å²) in [6.07, 6.45) is 1.11. The van der Waals surface area contributed by atoms with Crippen molar-refractivity contribution < 1.29 is 0 Å². The molecule has 0 unspecified atom stereocenters. The Morgan fingerprint density at radius 1 is 1.27 bits per heavy atom. The fourth-order valence-corrected chi connectivity index (χ4v) is 1.74. The molecule has 15 heavy (non-hydrogen) atoms. The van der Waals surface area contributed by atoms with E-state index in [-0.39, 0.29) is 0 Å². The molecule has 0 saturated carbocycles. The summed E-state index contributed by atoms with van der Waals surface area (Å²) in [5, 5.41) is 1.03. The van der Waals surface area contributed by atoms with E-state index in [1.807, 2.05) is 0 Å². The van der Waals surface area contributed by atoms with E-state index >= 15 is 0 Å². The van der Waals surface area contributed by atoms with E-state index in [1.165, 1.54) is 11.3 Å². The van der Waals surface area contributed by atoms with Gasteiger partial charge in [0, 0.05) is 25.1 Å². The highest BCUT2D eigenvalue weighted by Gasteiger charge is 2.16. The molecule has 0 aliphatic rings. The van der Waals surface area contributed by atoms with Gasteiger partial charge in [0.25, 0.3) is 0 Å². The first-order valence-corrected chi connectivity index (χ1v) is 6.39. The molecule has 1 nitrogen and oxygen atoms in total. The molecule has 0 spiro atoms. The van der Waals surface area contributed by atoms with Crippen LogP contribution in [0.25, 0.3) is 0 Å². The Kier molecular flexibility index (Phi) is 4.21. The average Bonchev–Trinajstić information content (AvgIpc) is 2.17. The lowest BCUT2D eigenvalue weighted by Gasteiger charge is -2.22. The molecule has 0 aliphatic carbocycles.